The molecule has 1 aromatic rings. The Labute approximate surface area is 64.4 Å². The summed E-state index contributed by atoms with van der Waals surface area (Å²) in [4.78, 5) is 0. The minimum atomic E-state index is -3.43. The third-order valence-electron chi connectivity index (χ3n) is 1.36. The number of para-hydroxylation sites is 1. The van der Waals surface area contributed by atoms with Crippen LogP contribution in [0.25, 0.3) is 0 Å². The van der Waals surface area contributed by atoms with Crippen LogP contribution >= 0.6 is 0 Å². The van der Waals surface area contributed by atoms with Crippen molar-refractivity contribution in [3.8, 4) is 0 Å². The summed E-state index contributed by atoms with van der Waals surface area (Å²) in [6, 6.07) is 6.81. The molecular formula is C6H5N2O2S. The second kappa shape index (κ2) is 1.88. The van der Waals surface area contributed by atoms with Crippen LogP contribution in [0.1, 0.15) is 0 Å². The van der Waals surface area contributed by atoms with Gasteiger partial charge in [-0.25, -0.2) is 0 Å². The van der Waals surface area contributed by atoms with Crippen LogP contribution in [-0.2, 0) is 10.2 Å². The summed E-state index contributed by atoms with van der Waals surface area (Å²) in [5, 5.41) is 0. The van der Waals surface area contributed by atoms with Crippen LogP contribution in [0.5, 0.6) is 0 Å². The smallest absolute Gasteiger partial charge is 0.263 e. The molecule has 0 unspecified atom stereocenters. The standard InChI is InChI=1S/C6H5N2O2S/c9-11(10)7-5-3-1-2-4-6(5)8-11/h1-4,7H. The van der Waals surface area contributed by atoms with Gasteiger partial charge in [-0.3, -0.25) is 4.72 Å². The normalized spacial score (nSPS) is 18.2. The van der Waals surface area contributed by atoms with E-state index in [0.29, 0.717) is 11.4 Å². The molecule has 0 bridgehead atoms. The number of nitrogens with one attached hydrogen (secondary N) is 1. The van der Waals surface area contributed by atoms with E-state index in [2.05, 4.69) is 9.44 Å². The van der Waals surface area contributed by atoms with Crippen molar-refractivity contribution in [2.45, 2.75) is 0 Å². The lowest BCUT2D eigenvalue weighted by Crippen LogP contribution is -2.11. The lowest BCUT2D eigenvalue weighted by atomic mass is 10.3. The van der Waals surface area contributed by atoms with Crippen LogP contribution in [-0.4, -0.2) is 8.42 Å². The van der Waals surface area contributed by atoms with E-state index in [9.17, 15) is 8.42 Å². The highest BCUT2D eigenvalue weighted by Gasteiger charge is 2.23. The van der Waals surface area contributed by atoms with Crippen molar-refractivity contribution < 1.29 is 8.42 Å². The van der Waals surface area contributed by atoms with Gasteiger partial charge in [-0.2, -0.15) is 8.42 Å². The minimum Gasteiger partial charge on any atom is -0.263 e. The largest absolute Gasteiger partial charge is 0.342 e. The quantitative estimate of drug-likeness (QED) is 0.618. The maximum absolute atomic E-state index is 10.8. The summed E-state index contributed by atoms with van der Waals surface area (Å²) in [7, 11) is -3.43. The van der Waals surface area contributed by atoms with E-state index >= 15 is 0 Å². The van der Waals surface area contributed by atoms with Crippen LogP contribution in [0.2, 0.25) is 0 Å². The molecule has 0 spiro atoms. The lowest BCUT2D eigenvalue weighted by molar-refractivity contribution is 0.598. The van der Waals surface area contributed by atoms with Crippen molar-refractivity contribution in [2.24, 2.45) is 0 Å². The molecule has 1 N–H and O–H groups in total. The monoisotopic (exact) mass is 169 g/mol. The van der Waals surface area contributed by atoms with Gasteiger partial charge in [0.15, 0.2) is 0 Å². The Morgan fingerprint density at radius 2 is 2.00 bits per heavy atom. The van der Waals surface area contributed by atoms with E-state index < -0.39 is 10.2 Å². The molecule has 0 fully saturated rings. The Morgan fingerprint density at radius 3 is 2.73 bits per heavy atom. The molecule has 1 heterocycles. The number of anilines is 1. The highest BCUT2D eigenvalue weighted by molar-refractivity contribution is 7.91. The maximum atomic E-state index is 10.8. The maximum Gasteiger partial charge on any atom is 0.342 e. The molecule has 1 aliphatic rings. The number of fused-ring (bicyclic) bond motifs is 1. The topological polar surface area (TPSA) is 60.3 Å². The van der Waals surface area contributed by atoms with Crippen molar-refractivity contribution in [1.29, 1.82) is 0 Å². The van der Waals surface area contributed by atoms with Gasteiger partial charge >= 0.3 is 10.2 Å². The SMILES string of the molecule is O=S1(=O)[N]c2ccccc2N1. The number of nitrogens with zero attached hydrogens (tertiary/aromatic N) is 1. The number of hydrogen-bond donors (Lipinski definition) is 1. The summed E-state index contributed by atoms with van der Waals surface area (Å²) >= 11 is 0. The number of rotatable bonds is 0. The second-order valence-electron chi connectivity index (χ2n) is 2.19. The molecule has 57 valence electrons. The van der Waals surface area contributed by atoms with Gasteiger partial charge in [0.1, 0.15) is 5.69 Å². The first-order valence-corrected chi connectivity index (χ1v) is 4.46. The predicted octanol–water partition coefficient (Wildman–Crippen LogP) is 0.593. The van der Waals surface area contributed by atoms with Gasteiger partial charge in [-0.15, -0.1) is 4.72 Å². The molecule has 11 heavy (non-hydrogen) atoms. The third-order valence-corrected chi connectivity index (χ3v) is 2.28. The van der Waals surface area contributed by atoms with Gasteiger partial charge in [-0.1, -0.05) is 12.1 Å². The Hall–Kier alpha value is -1.23. The summed E-state index contributed by atoms with van der Waals surface area (Å²) in [5.41, 5.74) is 1.03. The van der Waals surface area contributed by atoms with Crippen LogP contribution < -0.4 is 9.44 Å². The average Bonchev–Trinajstić information content (AvgIpc) is 2.21. The molecule has 1 aromatic carbocycles. The molecule has 1 radical (unpaired) electrons. The van der Waals surface area contributed by atoms with Crippen molar-refractivity contribution >= 4 is 21.6 Å². The molecule has 0 amide bonds. The van der Waals surface area contributed by atoms with E-state index in [1.807, 2.05) is 0 Å². The fraction of sp³-hybridized carbons (Fsp3) is 0. The van der Waals surface area contributed by atoms with E-state index in [1.54, 1.807) is 24.3 Å². The third kappa shape index (κ3) is 1.03. The molecule has 0 aromatic heterocycles. The highest BCUT2D eigenvalue weighted by atomic mass is 32.2. The average molecular weight is 169 g/mol. The first-order valence-electron chi connectivity index (χ1n) is 3.02. The van der Waals surface area contributed by atoms with Crippen LogP contribution in [0.4, 0.5) is 11.4 Å². The molecule has 2 rings (SSSR count). The van der Waals surface area contributed by atoms with Gasteiger partial charge in [0.25, 0.3) is 0 Å². The summed E-state index contributed by atoms with van der Waals surface area (Å²) in [6.45, 7) is 0. The zero-order chi connectivity index (χ0) is 7.90. The Morgan fingerprint density at radius 1 is 1.27 bits per heavy atom. The molecular weight excluding hydrogens is 164 g/mol. The van der Waals surface area contributed by atoms with E-state index in [4.69, 9.17) is 0 Å². The summed E-state index contributed by atoms with van der Waals surface area (Å²) < 4.78 is 27.3. The zero-order valence-corrected chi connectivity index (χ0v) is 6.30. The summed E-state index contributed by atoms with van der Waals surface area (Å²) in [5.74, 6) is 0. The first-order chi connectivity index (χ1) is 5.17. The van der Waals surface area contributed by atoms with Crippen molar-refractivity contribution in [3.05, 3.63) is 24.3 Å². The fourth-order valence-electron chi connectivity index (χ4n) is 0.931. The number of benzene rings is 1. The highest BCUT2D eigenvalue weighted by Crippen LogP contribution is 2.28. The van der Waals surface area contributed by atoms with Gasteiger partial charge in [0.2, 0.25) is 0 Å². The fourth-order valence-corrected chi connectivity index (χ4v) is 1.85. The van der Waals surface area contributed by atoms with Crippen molar-refractivity contribution in [1.82, 2.24) is 4.72 Å². The Bertz CT molecular complexity index is 354. The van der Waals surface area contributed by atoms with Gasteiger partial charge in [0, 0.05) is 0 Å². The number of hydrogen-bond acceptors (Lipinski definition) is 2. The van der Waals surface area contributed by atoms with E-state index in [-0.39, 0.29) is 0 Å². The zero-order valence-electron chi connectivity index (χ0n) is 5.48. The molecule has 1 aliphatic heterocycles. The Kier molecular flexibility index (Phi) is 1.11. The minimum absolute atomic E-state index is 0.479. The molecule has 5 heteroatoms. The van der Waals surface area contributed by atoms with Crippen LogP contribution in [0.15, 0.2) is 24.3 Å². The van der Waals surface area contributed by atoms with Gasteiger partial charge in [0.05, 0.1) is 5.69 Å². The van der Waals surface area contributed by atoms with Crippen molar-refractivity contribution in [3.63, 3.8) is 0 Å². The van der Waals surface area contributed by atoms with E-state index in [0.717, 1.165) is 0 Å². The van der Waals surface area contributed by atoms with Gasteiger partial charge < -0.3 is 0 Å². The first kappa shape index (κ1) is 6.48. The molecule has 0 aliphatic carbocycles. The summed E-state index contributed by atoms with van der Waals surface area (Å²) in [6.07, 6.45) is 0. The van der Waals surface area contributed by atoms with Gasteiger partial charge in [-0.05, 0) is 12.1 Å². The molecule has 0 atom stereocenters. The van der Waals surface area contributed by atoms with Crippen molar-refractivity contribution in [2.75, 3.05) is 4.72 Å². The molecule has 4 nitrogen and oxygen atoms in total. The lowest BCUT2D eigenvalue weighted by Gasteiger charge is -1.89. The molecule has 0 saturated carbocycles. The van der Waals surface area contributed by atoms with Crippen LogP contribution in [0.3, 0.4) is 0 Å². The molecule has 0 saturated heterocycles. The van der Waals surface area contributed by atoms with E-state index in [1.165, 1.54) is 0 Å². The Balaban J connectivity index is 2.57. The second-order valence-corrected chi connectivity index (χ2v) is 3.52. The van der Waals surface area contributed by atoms with Crippen LogP contribution in [0, 0.1) is 0 Å². The predicted molar refractivity (Wildman–Crippen MR) is 40.8 cm³/mol.